The van der Waals surface area contributed by atoms with E-state index in [1.54, 1.807) is 17.5 Å². The van der Waals surface area contributed by atoms with Crippen molar-refractivity contribution >= 4 is 29.6 Å². The van der Waals surface area contributed by atoms with Crippen molar-refractivity contribution in [3.05, 3.63) is 33.7 Å². The number of nitrogen functional groups attached to an aromatic ring is 1. The number of nitrogens with zero attached hydrogens (tertiary/aromatic N) is 3. The molecule has 0 aliphatic heterocycles. The molecule has 0 aromatic carbocycles. The van der Waals surface area contributed by atoms with E-state index < -0.39 is 0 Å². The van der Waals surface area contributed by atoms with E-state index in [2.05, 4.69) is 14.5 Å². The van der Waals surface area contributed by atoms with Crippen molar-refractivity contribution in [2.24, 2.45) is 0 Å². The summed E-state index contributed by atoms with van der Waals surface area (Å²) in [6.45, 7) is 4.71. The summed E-state index contributed by atoms with van der Waals surface area (Å²) in [5.41, 5.74) is 10.0. The molecule has 0 atom stereocenters. The first-order chi connectivity index (χ1) is 8.61. The predicted octanol–water partition coefficient (Wildman–Crippen LogP) is -4.44. The van der Waals surface area contributed by atoms with Gasteiger partial charge in [0.1, 0.15) is 11.6 Å². The molecule has 11 heteroatoms. The Morgan fingerprint density at radius 2 is 1.87 bits per heavy atom. The number of hydrogen-bond donors (Lipinski definition) is 2. The fourth-order valence-electron chi connectivity index (χ4n) is 1.77. The summed E-state index contributed by atoms with van der Waals surface area (Å²) in [6.07, 6.45) is 2.47. The van der Waals surface area contributed by atoms with E-state index >= 15 is 0 Å². The molecular formula is C12H24Cl2N4O4S. The number of nitrogens with two attached hydrogens (primary N) is 1. The van der Waals surface area contributed by atoms with E-state index in [9.17, 15) is 0 Å². The second-order valence-electron chi connectivity index (χ2n) is 4.16. The monoisotopic (exact) mass is 390 g/mol. The smallest absolute Gasteiger partial charge is 0.225 e. The molecule has 0 aliphatic carbocycles. The third-order valence-corrected chi connectivity index (χ3v) is 4.00. The lowest BCUT2D eigenvalue weighted by molar-refractivity contribution is -0.689. The van der Waals surface area contributed by atoms with Gasteiger partial charge in [-0.2, -0.15) is 4.57 Å². The van der Waals surface area contributed by atoms with Gasteiger partial charge in [-0.1, -0.05) is 11.3 Å². The van der Waals surface area contributed by atoms with Crippen LogP contribution in [0.4, 0.5) is 5.82 Å². The van der Waals surface area contributed by atoms with E-state index in [4.69, 9.17) is 10.8 Å². The van der Waals surface area contributed by atoms with Crippen LogP contribution in [0.15, 0.2) is 11.7 Å². The Bertz CT molecular complexity index is 572. The summed E-state index contributed by atoms with van der Waals surface area (Å²) in [5.74, 6) is 1.22. The lowest BCUT2D eigenvalue weighted by atomic mass is 10.2. The third kappa shape index (κ3) is 7.36. The van der Waals surface area contributed by atoms with Crippen LogP contribution in [-0.4, -0.2) is 38.1 Å². The summed E-state index contributed by atoms with van der Waals surface area (Å²) < 4.78 is 2.11. The average molecular weight is 391 g/mol. The lowest BCUT2D eigenvalue weighted by Gasteiger charge is -2.01. The van der Waals surface area contributed by atoms with Crippen molar-refractivity contribution in [3.8, 4) is 0 Å². The highest BCUT2D eigenvalue weighted by atomic mass is 35.5. The molecule has 0 saturated heterocycles. The minimum atomic E-state index is 0. The Hall–Kier alpha value is -1.07. The number of aliphatic hydroxyl groups excluding tert-OH is 1. The molecule has 0 bridgehead atoms. The number of halogens is 2. The topological polar surface area (TPSA) is 170 Å². The van der Waals surface area contributed by atoms with Gasteiger partial charge in [0.05, 0.1) is 10.4 Å². The molecule has 136 valence electrons. The molecule has 2 aromatic heterocycles. The van der Waals surface area contributed by atoms with Gasteiger partial charge in [-0.15, -0.1) is 12.4 Å². The standard InChI is InChI=1S/C12H17N4OS.2ClH.3H2O/c1-8-11(3-4-17)18-7-16(8)6-10-5-14-9(2)15-12(10)13;;;;;/h5,7,17H,3-4,6H2,1-2H3,(H2,13,14,15);2*1H;3*1H2/q+1;;;;;/p-1. The van der Waals surface area contributed by atoms with Crippen molar-refractivity contribution in [3.63, 3.8) is 0 Å². The Morgan fingerprint density at radius 1 is 1.26 bits per heavy atom. The minimum absolute atomic E-state index is 0. The van der Waals surface area contributed by atoms with Crippen molar-refractivity contribution in [2.45, 2.75) is 26.8 Å². The Morgan fingerprint density at radius 3 is 2.39 bits per heavy atom. The molecule has 0 amide bonds. The highest BCUT2D eigenvalue weighted by Gasteiger charge is 2.16. The molecule has 2 heterocycles. The lowest BCUT2D eigenvalue weighted by Crippen LogP contribution is -3.00. The zero-order valence-electron chi connectivity index (χ0n) is 12.8. The first kappa shape index (κ1) is 29.9. The number of thiazole rings is 1. The van der Waals surface area contributed by atoms with Gasteiger partial charge in [-0.05, 0) is 6.92 Å². The zero-order valence-corrected chi connectivity index (χ0v) is 15.2. The molecule has 0 saturated carbocycles. The quantitative estimate of drug-likeness (QED) is 0.501. The van der Waals surface area contributed by atoms with Crippen molar-refractivity contribution in [2.75, 3.05) is 12.3 Å². The molecule has 2 rings (SSSR count). The van der Waals surface area contributed by atoms with Crippen molar-refractivity contribution < 1.29 is 38.5 Å². The summed E-state index contributed by atoms with van der Waals surface area (Å²) in [6, 6.07) is 0. The van der Waals surface area contributed by atoms with Crippen LogP contribution in [-0.2, 0) is 13.0 Å². The molecule has 0 unspecified atom stereocenters. The summed E-state index contributed by atoms with van der Waals surface area (Å²) in [4.78, 5) is 9.53. The van der Waals surface area contributed by atoms with Gasteiger partial charge in [-0.3, -0.25) is 0 Å². The maximum atomic E-state index is 8.98. The van der Waals surface area contributed by atoms with Gasteiger partial charge in [0, 0.05) is 26.1 Å². The summed E-state index contributed by atoms with van der Waals surface area (Å²) in [5, 5.41) is 8.98. The minimum Gasteiger partial charge on any atom is -1.00 e. The van der Waals surface area contributed by atoms with Gasteiger partial charge >= 0.3 is 0 Å². The first-order valence-corrected chi connectivity index (χ1v) is 6.65. The van der Waals surface area contributed by atoms with Crippen LogP contribution < -0.4 is 22.7 Å². The predicted molar refractivity (Wildman–Crippen MR) is 88.4 cm³/mol. The van der Waals surface area contributed by atoms with Gasteiger partial charge in [0.2, 0.25) is 5.51 Å². The van der Waals surface area contributed by atoms with Crippen LogP contribution in [0.2, 0.25) is 0 Å². The van der Waals surface area contributed by atoms with Crippen LogP contribution >= 0.6 is 23.7 Å². The second kappa shape index (κ2) is 13.4. The van der Waals surface area contributed by atoms with Crippen LogP contribution in [0, 0.1) is 13.8 Å². The fourth-order valence-corrected chi connectivity index (χ4v) is 2.75. The Balaban J connectivity index is -0.000000361. The number of hydrogen-bond acceptors (Lipinski definition) is 5. The van der Waals surface area contributed by atoms with Gasteiger partial charge in [0.15, 0.2) is 12.2 Å². The van der Waals surface area contributed by atoms with Gasteiger partial charge in [-0.25, -0.2) is 9.97 Å². The molecule has 0 aliphatic rings. The van der Waals surface area contributed by atoms with Gasteiger partial charge < -0.3 is 39.7 Å². The molecule has 23 heavy (non-hydrogen) atoms. The fraction of sp³-hybridized carbons (Fsp3) is 0.417. The highest BCUT2D eigenvalue weighted by molar-refractivity contribution is 7.09. The highest BCUT2D eigenvalue weighted by Crippen LogP contribution is 2.13. The number of aliphatic hydroxyl groups is 1. The molecule has 0 spiro atoms. The van der Waals surface area contributed by atoms with E-state index in [-0.39, 0.29) is 47.8 Å². The van der Waals surface area contributed by atoms with E-state index in [0.717, 1.165) is 11.3 Å². The second-order valence-corrected chi connectivity index (χ2v) is 5.10. The van der Waals surface area contributed by atoms with Crippen molar-refractivity contribution in [1.82, 2.24) is 9.97 Å². The van der Waals surface area contributed by atoms with Crippen LogP contribution in [0.3, 0.4) is 0 Å². The molecule has 0 fully saturated rings. The van der Waals surface area contributed by atoms with Crippen LogP contribution in [0.1, 0.15) is 22.0 Å². The van der Waals surface area contributed by atoms with E-state index in [1.165, 1.54) is 4.88 Å². The molecule has 0 radical (unpaired) electrons. The van der Waals surface area contributed by atoms with Crippen LogP contribution in [0.5, 0.6) is 0 Å². The van der Waals surface area contributed by atoms with Crippen molar-refractivity contribution in [1.29, 1.82) is 0 Å². The zero-order chi connectivity index (χ0) is 13.1. The van der Waals surface area contributed by atoms with E-state index in [0.29, 0.717) is 24.6 Å². The number of aromatic nitrogens is 3. The van der Waals surface area contributed by atoms with Gasteiger partial charge in [0.25, 0.3) is 0 Å². The molecule has 9 N–H and O–H groups in total. The first-order valence-electron chi connectivity index (χ1n) is 5.77. The number of anilines is 1. The SMILES string of the molecule is Cc1ncc(C[n+]2csc(CCO)c2C)c(N)n1.Cl.O.O.O.[Cl-]. The summed E-state index contributed by atoms with van der Waals surface area (Å²) in [7, 11) is 0. The average Bonchev–Trinajstić information content (AvgIpc) is 2.66. The molecular weight excluding hydrogens is 367 g/mol. The molecule has 8 nitrogen and oxygen atoms in total. The normalized spacial score (nSPS) is 8.48. The maximum Gasteiger partial charge on any atom is 0.225 e. The Labute approximate surface area is 151 Å². The van der Waals surface area contributed by atoms with Crippen LogP contribution in [0.25, 0.3) is 0 Å². The maximum absolute atomic E-state index is 8.98. The number of rotatable bonds is 4. The largest absolute Gasteiger partial charge is 1.00 e. The third-order valence-electron chi connectivity index (χ3n) is 2.85. The number of aryl methyl sites for hydroxylation is 1. The van der Waals surface area contributed by atoms with E-state index in [1.807, 2.05) is 19.4 Å². The Kier molecular flexibility index (Phi) is 17.4. The summed E-state index contributed by atoms with van der Waals surface area (Å²) >= 11 is 1.65. The molecule has 2 aromatic rings.